The monoisotopic (exact) mass is 497 g/mol. The second-order valence-corrected chi connectivity index (χ2v) is 8.37. The van der Waals surface area contributed by atoms with Crippen LogP contribution >= 0.6 is 0 Å². The van der Waals surface area contributed by atoms with Crippen LogP contribution in [0.1, 0.15) is 32.1 Å². The number of hydrogen-bond acceptors (Lipinski definition) is 6. The molecule has 36 heavy (non-hydrogen) atoms. The lowest BCUT2D eigenvalue weighted by atomic mass is 10.1. The standard InChI is InChI=1S/C23H22F3N9O/c1-3-4-18-33-17-10-29-20(34-21(17)35(18)12(2)22(36)30-11-23(24,25)26)16-9-28-19-15(16)5-13(6-27-19)14-7-31-32-8-14/h5-10,12H,3-4,11H2,1-2H3,(H,27,28)(H,30,36)(H,31,32)/t12-/m0/s1. The fourth-order valence-electron chi connectivity index (χ4n) is 4.08. The molecule has 0 fully saturated rings. The van der Waals surface area contributed by atoms with Crippen molar-refractivity contribution in [2.75, 3.05) is 6.54 Å². The molecule has 5 heterocycles. The number of carbonyl (C=O) groups excluding carboxylic acids is 1. The van der Waals surface area contributed by atoms with Crippen molar-refractivity contribution in [2.45, 2.75) is 38.9 Å². The first-order valence-electron chi connectivity index (χ1n) is 11.3. The Kier molecular flexibility index (Phi) is 5.90. The Morgan fingerprint density at radius 2 is 1.97 bits per heavy atom. The summed E-state index contributed by atoms with van der Waals surface area (Å²) in [5.74, 6) is 0.147. The minimum atomic E-state index is -4.51. The summed E-state index contributed by atoms with van der Waals surface area (Å²) in [5, 5.41) is 9.49. The number of pyridine rings is 1. The van der Waals surface area contributed by atoms with Crippen LogP contribution in [-0.2, 0) is 11.2 Å². The number of H-pyrrole nitrogens is 2. The molecule has 1 amide bonds. The van der Waals surface area contributed by atoms with Crippen LogP contribution in [-0.4, -0.2) is 58.3 Å². The number of rotatable bonds is 7. The molecule has 5 aromatic heterocycles. The van der Waals surface area contributed by atoms with E-state index >= 15 is 0 Å². The molecule has 0 spiro atoms. The predicted molar refractivity (Wildman–Crippen MR) is 126 cm³/mol. The number of nitrogens with zero attached hydrogens (tertiary/aromatic N) is 6. The van der Waals surface area contributed by atoms with E-state index in [0.29, 0.717) is 40.4 Å². The van der Waals surface area contributed by atoms with Crippen LogP contribution in [0, 0.1) is 0 Å². The molecule has 10 nitrogen and oxygen atoms in total. The molecule has 0 radical (unpaired) electrons. The second-order valence-electron chi connectivity index (χ2n) is 8.37. The van der Waals surface area contributed by atoms with E-state index in [4.69, 9.17) is 4.98 Å². The molecule has 5 rings (SSSR count). The van der Waals surface area contributed by atoms with Crippen LogP contribution in [0.3, 0.4) is 0 Å². The van der Waals surface area contributed by atoms with Gasteiger partial charge in [0.05, 0.1) is 12.4 Å². The first-order chi connectivity index (χ1) is 17.2. The SMILES string of the molecule is CCCc1nc2cnc(-c3c[nH]c4ncc(-c5cn[nH]c5)cc34)nc2n1[C@@H](C)C(=O)NCC(F)(F)F. The Morgan fingerprint density at radius 1 is 1.14 bits per heavy atom. The van der Waals surface area contributed by atoms with Crippen LogP contribution in [0.4, 0.5) is 13.2 Å². The number of amides is 1. The number of carbonyl (C=O) groups is 1. The van der Waals surface area contributed by atoms with Crippen molar-refractivity contribution < 1.29 is 18.0 Å². The van der Waals surface area contributed by atoms with E-state index < -0.39 is 24.7 Å². The molecule has 0 bridgehead atoms. The lowest BCUT2D eigenvalue weighted by molar-refractivity contribution is -0.140. The Balaban J connectivity index is 1.58. The summed E-state index contributed by atoms with van der Waals surface area (Å²) in [4.78, 5) is 33.9. The number of aromatic nitrogens is 8. The molecule has 3 N–H and O–H groups in total. The van der Waals surface area contributed by atoms with Gasteiger partial charge in [0.1, 0.15) is 29.6 Å². The summed E-state index contributed by atoms with van der Waals surface area (Å²) >= 11 is 0. The normalized spacial score (nSPS) is 12.9. The molecular formula is C23H22F3N9O. The van der Waals surface area contributed by atoms with Crippen LogP contribution < -0.4 is 5.32 Å². The summed E-state index contributed by atoms with van der Waals surface area (Å²) in [6.45, 7) is 2.07. The topological polar surface area (TPSA) is 130 Å². The molecule has 0 aliphatic heterocycles. The van der Waals surface area contributed by atoms with Crippen molar-refractivity contribution in [3.05, 3.63) is 42.9 Å². The highest BCUT2D eigenvalue weighted by Crippen LogP contribution is 2.30. The molecule has 13 heteroatoms. The number of imidazole rings is 1. The van der Waals surface area contributed by atoms with Crippen molar-refractivity contribution in [2.24, 2.45) is 0 Å². The van der Waals surface area contributed by atoms with Gasteiger partial charge >= 0.3 is 6.18 Å². The van der Waals surface area contributed by atoms with Gasteiger partial charge in [-0.25, -0.2) is 19.9 Å². The summed E-state index contributed by atoms with van der Waals surface area (Å²) in [6, 6.07) is 0.985. The molecule has 0 saturated heterocycles. The van der Waals surface area contributed by atoms with Crippen molar-refractivity contribution >= 4 is 28.1 Å². The van der Waals surface area contributed by atoms with Crippen LogP contribution in [0.5, 0.6) is 0 Å². The first-order valence-corrected chi connectivity index (χ1v) is 11.3. The molecule has 0 unspecified atom stereocenters. The molecule has 0 aromatic carbocycles. The molecule has 5 aromatic rings. The Hall–Kier alpha value is -4.29. The number of aromatic amines is 2. The van der Waals surface area contributed by atoms with E-state index in [1.165, 1.54) is 6.92 Å². The molecule has 186 valence electrons. The smallest absolute Gasteiger partial charge is 0.345 e. The predicted octanol–water partition coefficient (Wildman–Crippen LogP) is 3.95. The lowest BCUT2D eigenvalue weighted by Crippen LogP contribution is -2.38. The third kappa shape index (κ3) is 4.39. The summed E-state index contributed by atoms with van der Waals surface area (Å²) in [6.07, 6.45) is 5.22. The molecule has 0 aliphatic carbocycles. The Labute approximate surface area is 202 Å². The maximum Gasteiger partial charge on any atom is 0.405 e. The largest absolute Gasteiger partial charge is 0.405 e. The van der Waals surface area contributed by atoms with Crippen molar-refractivity contribution in [1.29, 1.82) is 0 Å². The molecule has 1 atom stereocenters. The number of alkyl halides is 3. The Morgan fingerprint density at radius 3 is 2.69 bits per heavy atom. The van der Waals surface area contributed by atoms with E-state index in [1.807, 2.05) is 18.3 Å². The zero-order chi connectivity index (χ0) is 25.4. The maximum absolute atomic E-state index is 12.7. The van der Waals surface area contributed by atoms with Gasteiger partial charge in [-0.2, -0.15) is 18.3 Å². The second kappa shape index (κ2) is 9.06. The minimum absolute atomic E-state index is 0.367. The maximum atomic E-state index is 12.7. The lowest BCUT2D eigenvalue weighted by Gasteiger charge is -2.17. The minimum Gasteiger partial charge on any atom is -0.345 e. The fraction of sp³-hybridized carbons (Fsp3) is 0.304. The van der Waals surface area contributed by atoms with Crippen molar-refractivity contribution in [3.8, 4) is 22.5 Å². The highest BCUT2D eigenvalue weighted by atomic mass is 19.4. The van der Waals surface area contributed by atoms with Gasteiger partial charge in [-0.15, -0.1) is 0 Å². The summed E-state index contributed by atoms with van der Waals surface area (Å²) in [7, 11) is 0. The van der Waals surface area contributed by atoms with Crippen LogP contribution in [0.15, 0.2) is 37.1 Å². The quantitative estimate of drug-likeness (QED) is 0.312. The third-order valence-electron chi connectivity index (χ3n) is 5.81. The van der Waals surface area contributed by atoms with Crippen LogP contribution in [0.2, 0.25) is 0 Å². The van der Waals surface area contributed by atoms with Crippen LogP contribution in [0.25, 0.3) is 44.7 Å². The van der Waals surface area contributed by atoms with E-state index in [0.717, 1.165) is 22.9 Å². The van der Waals surface area contributed by atoms with Gasteiger partial charge in [-0.3, -0.25) is 9.89 Å². The zero-order valence-electron chi connectivity index (χ0n) is 19.4. The average Bonchev–Trinajstić information content (AvgIpc) is 3.59. The number of halogens is 3. The highest BCUT2D eigenvalue weighted by molar-refractivity contribution is 5.94. The summed E-state index contributed by atoms with van der Waals surface area (Å²) in [5.41, 5.74) is 3.86. The van der Waals surface area contributed by atoms with E-state index in [9.17, 15) is 18.0 Å². The number of hydrogen-bond donors (Lipinski definition) is 3. The van der Waals surface area contributed by atoms with Gasteiger partial charge < -0.3 is 14.9 Å². The third-order valence-corrected chi connectivity index (χ3v) is 5.81. The molecule has 0 saturated carbocycles. The van der Waals surface area contributed by atoms with Gasteiger partial charge in [0.15, 0.2) is 11.5 Å². The van der Waals surface area contributed by atoms with E-state index in [2.05, 4.69) is 30.1 Å². The molecule has 0 aliphatic rings. The average molecular weight is 497 g/mol. The van der Waals surface area contributed by atoms with E-state index in [-0.39, 0.29) is 0 Å². The first kappa shape index (κ1) is 23.5. The van der Waals surface area contributed by atoms with E-state index in [1.54, 1.807) is 35.6 Å². The molecular weight excluding hydrogens is 475 g/mol. The zero-order valence-corrected chi connectivity index (χ0v) is 19.4. The Bertz CT molecular complexity index is 1540. The van der Waals surface area contributed by atoms with Crippen molar-refractivity contribution in [3.63, 3.8) is 0 Å². The fourth-order valence-corrected chi connectivity index (χ4v) is 4.08. The van der Waals surface area contributed by atoms with Gasteiger partial charge in [0.2, 0.25) is 5.91 Å². The number of nitrogens with one attached hydrogen (secondary N) is 3. The van der Waals surface area contributed by atoms with Gasteiger partial charge in [-0.05, 0) is 19.4 Å². The van der Waals surface area contributed by atoms with Crippen molar-refractivity contribution in [1.82, 2.24) is 45.0 Å². The summed E-state index contributed by atoms with van der Waals surface area (Å²) < 4.78 is 39.6. The van der Waals surface area contributed by atoms with Gasteiger partial charge in [0.25, 0.3) is 0 Å². The number of fused-ring (bicyclic) bond motifs is 2. The highest BCUT2D eigenvalue weighted by Gasteiger charge is 2.30. The van der Waals surface area contributed by atoms with Gasteiger partial charge in [-0.1, -0.05) is 6.92 Å². The van der Waals surface area contributed by atoms with Gasteiger partial charge in [0, 0.05) is 47.1 Å². The number of aryl methyl sites for hydroxylation is 1.